The maximum Gasteiger partial charge on any atom is 0.410 e. The minimum absolute atomic E-state index is 0.0419. The monoisotopic (exact) mass is 528 g/mol. The number of rotatable bonds is 5. The Morgan fingerprint density at radius 1 is 1.22 bits per heavy atom. The number of amides is 2. The Hall–Kier alpha value is -3.92. The number of benzene rings is 1. The Morgan fingerprint density at radius 2 is 1.95 bits per heavy atom. The lowest BCUT2D eigenvalue weighted by Gasteiger charge is -2.45. The van der Waals surface area contributed by atoms with Crippen molar-refractivity contribution in [3.63, 3.8) is 0 Å². The van der Waals surface area contributed by atoms with Crippen LogP contribution in [0.25, 0.3) is 0 Å². The zero-order valence-corrected chi connectivity index (χ0v) is 21.4. The molecule has 1 fully saturated rings. The van der Waals surface area contributed by atoms with E-state index in [-0.39, 0.29) is 43.9 Å². The van der Waals surface area contributed by atoms with E-state index < -0.39 is 28.1 Å². The molecule has 0 spiro atoms. The van der Waals surface area contributed by atoms with Gasteiger partial charge in [-0.2, -0.15) is 5.26 Å². The molecule has 1 N–H and O–H groups in total. The van der Waals surface area contributed by atoms with Gasteiger partial charge in [0.25, 0.3) is 0 Å². The number of fused-ring (bicyclic) bond motifs is 1. The molecular formula is C24H28N6O6S. The van der Waals surface area contributed by atoms with Gasteiger partial charge in [0.15, 0.2) is 0 Å². The van der Waals surface area contributed by atoms with Gasteiger partial charge >= 0.3 is 12.2 Å². The average molecular weight is 529 g/mol. The summed E-state index contributed by atoms with van der Waals surface area (Å²) in [7, 11) is -3.78. The third-order valence-corrected chi connectivity index (χ3v) is 7.30. The van der Waals surface area contributed by atoms with Crippen molar-refractivity contribution in [1.82, 2.24) is 19.8 Å². The van der Waals surface area contributed by atoms with Crippen LogP contribution in [0.4, 0.5) is 15.4 Å². The molecule has 2 atom stereocenters. The average Bonchev–Trinajstić information content (AvgIpc) is 2.86. The molecule has 3 heterocycles. The van der Waals surface area contributed by atoms with Crippen LogP contribution in [0.15, 0.2) is 35.5 Å². The number of ether oxygens (including phenoxy) is 1. The van der Waals surface area contributed by atoms with Gasteiger partial charge in [-0.1, -0.05) is 30.3 Å². The molecule has 4 rings (SSSR count). The van der Waals surface area contributed by atoms with E-state index in [0.29, 0.717) is 30.0 Å². The molecule has 0 radical (unpaired) electrons. The fourth-order valence-corrected chi connectivity index (χ4v) is 5.26. The lowest BCUT2D eigenvalue weighted by molar-refractivity contribution is 0.0581. The number of aromatic nitrogens is 2. The number of carboxylic acid groups (broad SMARTS) is 1. The minimum Gasteiger partial charge on any atom is -0.465 e. The highest BCUT2D eigenvalue weighted by molar-refractivity contribution is 7.90. The molecule has 0 bridgehead atoms. The van der Waals surface area contributed by atoms with E-state index >= 15 is 0 Å². The lowest BCUT2D eigenvalue weighted by Crippen LogP contribution is -2.60. The maximum absolute atomic E-state index is 13.0. The minimum atomic E-state index is -3.78. The first-order chi connectivity index (χ1) is 17.6. The van der Waals surface area contributed by atoms with Crippen molar-refractivity contribution in [2.45, 2.75) is 50.2 Å². The molecule has 0 aliphatic carbocycles. The van der Waals surface area contributed by atoms with Crippen molar-refractivity contribution in [3.8, 4) is 6.07 Å². The summed E-state index contributed by atoms with van der Waals surface area (Å²) >= 11 is 0. The van der Waals surface area contributed by atoms with Crippen molar-refractivity contribution < 1.29 is 27.9 Å². The molecule has 1 saturated heterocycles. The molecule has 1 aromatic heterocycles. The Balaban J connectivity index is 1.62. The van der Waals surface area contributed by atoms with Gasteiger partial charge in [-0.25, -0.2) is 28.0 Å². The number of piperazine rings is 1. The van der Waals surface area contributed by atoms with Crippen LogP contribution in [0, 0.1) is 11.3 Å². The van der Waals surface area contributed by atoms with Crippen molar-refractivity contribution >= 4 is 27.8 Å². The van der Waals surface area contributed by atoms with E-state index in [1.54, 1.807) is 4.90 Å². The number of hydrogen-bond acceptors (Lipinski definition) is 9. The fraction of sp³-hybridized carbons (Fsp3) is 0.458. The normalized spacial score (nSPS) is 19.6. The van der Waals surface area contributed by atoms with Gasteiger partial charge in [0.1, 0.15) is 12.4 Å². The summed E-state index contributed by atoms with van der Waals surface area (Å²) in [6.45, 7) is 2.65. The van der Waals surface area contributed by atoms with E-state index in [1.807, 2.05) is 42.2 Å². The van der Waals surface area contributed by atoms with Gasteiger partial charge < -0.3 is 19.6 Å². The Bertz CT molecular complexity index is 1330. The predicted octanol–water partition coefficient (Wildman–Crippen LogP) is 2.05. The number of hydrogen-bond donors (Lipinski definition) is 1. The smallest absolute Gasteiger partial charge is 0.410 e. The fourth-order valence-electron chi connectivity index (χ4n) is 4.73. The van der Waals surface area contributed by atoms with Crippen molar-refractivity contribution in [1.29, 1.82) is 5.26 Å². The van der Waals surface area contributed by atoms with Crippen molar-refractivity contribution in [2.75, 3.05) is 30.8 Å². The van der Waals surface area contributed by atoms with Crippen LogP contribution in [0.1, 0.15) is 30.2 Å². The second kappa shape index (κ2) is 10.6. The quantitative estimate of drug-likeness (QED) is 0.570. The molecule has 196 valence electrons. The van der Waals surface area contributed by atoms with Crippen molar-refractivity contribution in [2.24, 2.45) is 0 Å². The van der Waals surface area contributed by atoms with Crippen molar-refractivity contribution in [3.05, 3.63) is 47.2 Å². The van der Waals surface area contributed by atoms with E-state index in [4.69, 9.17) is 4.74 Å². The first-order valence-corrected chi connectivity index (χ1v) is 13.7. The Labute approximate surface area is 215 Å². The number of nitriles is 1. The second-order valence-electron chi connectivity index (χ2n) is 9.20. The summed E-state index contributed by atoms with van der Waals surface area (Å²) in [5, 5.41) is 18.5. The summed E-state index contributed by atoms with van der Waals surface area (Å²) in [6.07, 6.45) is -0.289. The Kier molecular flexibility index (Phi) is 7.49. The lowest BCUT2D eigenvalue weighted by atomic mass is 10.0. The largest absolute Gasteiger partial charge is 0.465 e. The molecule has 2 aromatic rings. The molecule has 13 heteroatoms. The molecule has 0 saturated carbocycles. The zero-order chi connectivity index (χ0) is 26.7. The maximum atomic E-state index is 13.0. The van der Waals surface area contributed by atoms with E-state index in [0.717, 1.165) is 11.8 Å². The SMILES string of the molecule is C[C@@H]1CN(c2nc(S(C)(=O)=O)nc3c2CCN(C(=O)O)C3)C[C@H](CC#N)N1C(=O)OCc1ccccc1. The van der Waals surface area contributed by atoms with Crippen LogP contribution in [-0.4, -0.2) is 83.5 Å². The van der Waals surface area contributed by atoms with Gasteiger partial charge in [0.05, 0.1) is 36.8 Å². The third-order valence-electron chi connectivity index (χ3n) is 6.45. The topological polar surface area (TPSA) is 157 Å². The van der Waals surface area contributed by atoms with E-state index in [9.17, 15) is 28.4 Å². The highest BCUT2D eigenvalue weighted by atomic mass is 32.2. The van der Waals surface area contributed by atoms with Crippen LogP contribution in [-0.2, 0) is 34.1 Å². The first kappa shape index (κ1) is 26.2. The Morgan fingerprint density at radius 3 is 2.59 bits per heavy atom. The first-order valence-electron chi connectivity index (χ1n) is 11.8. The summed E-state index contributed by atoms with van der Waals surface area (Å²) in [4.78, 5) is 37.7. The number of carbonyl (C=O) groups excluding carboxylic acids is 1. The van der Waals surface area contributed by atoms with Gasteiger partial charge in [-0.05, 0) is 18.9 Å². The van der Waals surface area contributed by atoms with Crippen LogP contribution in [0.2, 0.25) is 0 Å². The second-order valence-corrected chi connectivity index (χ2v) is 11.1. The zero-order valence-electron chi connectivity index (χ0n) is 20.6. The van der Waals surface area contributed by atoms with E-state index in [2.05, 4.69) is 16.0 Å². The van der Waals surface area contributed by atoms with Crippen LogP contribution in [0.5, 0.6) is 0 Å². The molecule has 2 aliphatic heterocycles. The molecule has 37 heavy (non-hydrogen) atoms. The van der Waals surface area contributed by atoms with Gasteiger partial charge in [-0.15, -0.1) is 0 Å². The molecule has 1 aromatic carbocycles. The summed E-state index contributed by atoms with van der Waals surface area (Å²) in [6, 6.07) is 10.5. The predicted molar refractivity (Wildman–Crippen MR) is 131 cm³/mol. The van der Waals surface area contributed by atoms with Crippen LogP contribution in [0.3, 0.4) is 0 Å². The van der Waals surface area contributed by atoms with E-state index in [1.165, 1.54) is 4.90 Å². The van der Waals surface area contributed by atoms with Gasteiger partial charge in [0, 0.05) is 31.5 Å². The highest BCUT2D eigenvalue weighted by Crippen LogP contribution is 2.31. The third kappa shape index (κ3) is 5.75. The summed E-state index contributed by atoms with van der Waals surface area (Å²) in [5.41, 5.74) is 1.86. The molecular weight excluding hydrogens is 500 g/mol. The molecule has 12 nitrogen and oxygen atoms in total. The summed E-state index contributed by atoms with van der Waals surface area (Å²) in [5.74, 6) is 0.391. The summed E-state index contributed by atoms with van der Waals surface area (Å²) < 4.78 is 30.2. The van der Waals surface area contributed by atoms with Crippen LogP contribution < -0.4 is 4.90 Å². The number of sulfone groups is 1. The number of anilines is 1. The standard InChI is InChI=1S/C24H28N6O6S/c1-16-12-29(13-18(8-10-25)30(16)24(33)36-15-17-6-4-3-5-7-17)21-19-9-11-28(23(31)32)14-20(19)26-22(27-21)37(2,34)35/h3-7,16,18H,8-9,11-15H2,1-2H3,(H,31,32)/t16-,18+/m1/s1. The van der Waals surface area contributed by atoms with Gasteiger partial charge in [0.2, 0.25) is 15.0 Å². The highest BCUT2D eigenvalue weighted by Gasteiger charge is 2.39. The molecule has 0 unspecified atom stereocenters. The molecule has 2 aliphatic rings. The number of carbonyl (C=O) groups is 2. The number of nitrogens with zero attached hydrogens (tertiary/aromatic N) is 6. The molecule has 2 amide bonds. The van der Waals surface area contributed by atoms with Crippen LogP contribution >= 0.6 is 0 Å². The van der Waals surface area contributed by atoms with Gasteiger partial charge in [-0.3, -0.25) is 4.90 Å².